The van der Waals surface area contributed by atoms with Crippen LogP contribution in [0.4, 0.5) is 0 Å². The number of hydrogen-bond acceptors (Lipinski definition) is 4. The third-order valence-corrected chi connectivity index (χ3v) is 7.25. The van der Waals surface area contributed by atoms with Crippen LogP contribution in [0.15, 0.2) is 48.5 Å². The molecule has 1 saturated heterocycles. The highest BCUT2D eigenvalue weighted by Crippen LogP contribution is 2.31. The van der Waals surface area contributed by atoms with Gasteiger partial charge in [-0.05, 0) is 61.9 Å². The van der Waals surface area contributed by atoms with Gasteiger partial charge >= 0.3 is 0 Å². The first-order valence-electron chi connectivity index (χ1n) is 12.6. The van der Waals surface area contributed by atoms with Crippen molar-refractivity contribution in [2.75, 3.05) is 39.8 Å². The number of methoxy groups -OCH3 is 1. The predicted molar refractivity (Wildman–Crippen MR) is 134 cm³/mol. The SMILES string of the molecule is COc1ccc(CCNC(=O)[C@H](C2CCCC2)N2CCN(C(=O)c3cccc(C)c3)CC2)cc1. The molecule has 0 bridgehead atoms. The van der Waals surface area contributed by atoms with E-state index in [1.807, 2.05) is 60.4 Å². The van der Waals surface area contributed by atoms with Crippen molar-refractivity contribution in [3.63, 3.8) is 0 Å². The van der Waals surface area contributed by atoms with E-state index in [4.69, 9.17) is 4.74 Å². The van der Waals surface area contributed by atoms with Crippen molar-refractivity contribution < 1.29 is 14.3 Å². The van der Waals surface area contributed by atoms with Gasteiger partial charge < -0.3 is 15.0 Å². The number of rotatable bonds is 8. The molecule has 34 heavy (non-hydrogen) atoms. The molecule has 0 aromatic heterocycles. The summed E-state index contributed by atoms with van der Waals surface area (Å²) in [5.74, 6) is 1.47. The van der Waals surface area contributed by atoms with Crippen LogP contribution in [0.3, 0.4) is 0 Å². The number of nitrogens with zero attached hydrogens (tertiary/aromatic N) is 2. The van der Waals surface area contributed by atoms with E-state index in [1.165, 1.54) is 18.4 Å². The number of nitrogens with one attached hydrogen (secondary N) is 1. The summed E-state index contributed by atoms with van der Waals surface area (Å²) in [4.78, 5) is 30.5. The van der Waals surface area contributed by atoms with Crippen LogP contribution in [0.1, 0.15) is 47.2 Å². The Morgan fingerprint density at radius 3 is 2.38 bits per heavy atom. The Balaban J connectivity index is 1.33. The molecule has 4 rings (SSSR count). The minimum Gasteiger partial charge on any atom is -0.497 e. The van der Waals surface area contributed by atoms with Crippen molar-refractivity contribution in [1.82, 2.24) is 15.1 Å². The van der Waals surface area contributed by atoms with Gasteiger partial charge in [-0.3, -0.25) is 14.5 Å². The van der Waals surface area contributed by atoms with Gasteiger partial charge in [0.25, 0.3) is 5.91 Å². The molecule has 1 heterocycles. The summed E-state index contributed by atoms with van der Waals surface area (Å²) in [7, 11) is 1.66. The number of benzene rings is 2. The van der Waals surface area contributed by atoms with Gasteiger partial charge in [-0.2, -0.15) is 0 Å². The molecule has 0 spiro atoms. The zero-order valence-corrected chi connectivity index (χ0v) is 20.5. The molecular weight excluding hydrogens is 426 g/mol. The number of ether oxygens (including phenoxy) is 1. The molecule has 1 atom stereocenters. The number of carbonyl (C=O) groups excluding carboxylic acids is 2. The second-order valence-electron chi connectivity index (χ2n) is 9.58. The van der Waals surface area contributed by atoms with E-state index in [2.05, 4.69) is 10.2 Å². The summed E-state index contributed by atoms with van der Waals surface area (Å²) in [5.41, 5.74) is 3.02. The van der Waals surface area contributed by atoms with E-state index in [0.717, 1.165) is 49.2 Å². The molecule has 0 radical (unpaired) electrons. The number of aryl methyl sites for hydroxylation is 1. The average Bonchev–Trinajstić information content (AvgIpc) is 3.39. The minimum atomic E-state index is -0.102. The van der Waals surface area contributed by atoms with Crippen LogP contribution in [0.2, 0.25) is 0 Å². The molecule has 182 valence electrons. The van der Waals surface area contributed by atoms with Crippen LogP contribution in [-0.4, -0.2) is 67.5 Å². The van der Waals surface area contributed by atoms with Gasteiger partial charge in [-0.25, -0.2) is 0 Å². The number of carbonyl (C=O) groups is 2. The molecular formula is C28H37N3O3. The Labute approximate surface area is 203 Å². The third kappa shape index (κ3) is 5.98. The largest absolute Gasteiger partial charge is 0.497 e. The number of piperazine rings is 1. The second-order valence-corrected chi connectivity index (χ2v) is 9.58. The van der Waals surface area contributed by atoms with Gasteiger partial charge in [0.05, 0.1) is 13.2 Å². The van der Waals surface area contributed by atoms with E-state index in [9.17, 15) is 9.59 Å². The lowest BCUT2D eigenvalue weighted by Gasteiger charge is -2.40. The minimum absolute atomic E-state index is 0.0877. The fraction of sp³-hybridized carbons (Fsp3) is 0.500. The maximum atomic E-state index is 13.3. The second kappa shape index (κ2) is 11.5. The Morgan fingerprint density at radius 2 is 1.74 bits per heavy atom. The molecule has 2 aromatic rings. The van der Waals surface area contributed by atoms with Crippen molar-refractivity contribution in [2.45, 2.75) is 45.1 Å². The zero-order chi connectivity index (χ0) is 23.9. The maximum absolute atomic E-state index is 13.3. The monoisotopic (exact) mass is 463 g/mol. The molecule has 6 heteroatoms. The summed E-state index contributed by atoms with van der Waals surface area (Å²) in [6.07, 6.45) is 5.42. The van der Waals surface area contributed by atoms with Crippen molar-refractivity contribution in [1.29, 1.82) is 0 Å². The number of amides is 2. The van der Waals surface area contributed by atoms with Crippen LogP contribution in [0.25, 0.3) is 0 Å². The van der Waals surface area contributed by atoms with Crippen LogP contribution in [0, 0.1) is 12.8 Å². The molecule has 1 N–H and O–H groups in total. The lowest BCUT2D eigenvalue weighted by atomic mass is 9.94. The number of hydrogen-bond donors (Lipinski definition) is 1. The van der Waals surface area contributed by atoms with Crippen LogP contribution in [0.5, 0.6) is 5.75 Å². The predicted octanol–water partition coefficient (Wildman–Crippen LogP) is 3.68. The van der Waals surface area contributed by atoms with E-state index in [0.29, 0.717) is 25.6 Å². The Bertz CT molecular complexity index is 961. The molecule has 2 fully saturated rings. The highest BCUT2D eigenvalue weighted by molar-refractivity contribution is 5.94. The first kappa shape index (κ1) is 24.3. The van der Waals surface area contributed by atoms with E-state index in [-0.39, 0.29) is 17.9 Å². The maximum Gasteiger partial charge on any atom is 0.253 e. The summed E-state index contributed by atoms with van der Waals surface area (Å²) in [6.45, 7) is 5.44. The first-order chi connectivity index (χ1) is 16.5. The van der Waals surface area contributed by atoms with Gasteiger partial charge in [-0.15, -0.1) is 0 Å². The van der Waals surface area contributed by atoms with Crippen molar-refractivity contribution in [2.24, 2.45) is 5.92 Å². The summed E-state index contributed by atoms with van der Waals surface area (Å²) < 4.78 is 5.22. The van der Waals surface area contributed by atoms with Gasteiger partial charge in [0.2, 0.25) is 5.91 Å². The molecule has 1 saturated carbocycles. The van der Waals surface area contributed by atoms with Gasteiger partial charge in [0, 0.05) is 38.3 Å². The molecule has 1 aliphatic heterocycles. The first-order valence-corrected chi connectivity index (χ1v) is 12.6. The molecule has 0 unspecified atom stereocenters. The lowest BCUT2D eigenvalue weighted by molar-refractivity contribution is -0.129. The standard InChI is InChI=1S/C28H37N3O3/c1-21-6-5-9-24(20-21)28(33)31-18-16-30(17-19-31)26(23-7-3-4-8-23)27(32)29-15-14-22-10-12-25(34-2)13-11-22/h5-6,9-13,20,23,26H,3-4,7-8,14-19H2,1-2H3,(H,29,32)/t26-/m0/s1. The van der Waals surface area contributed by atoms with Crippen molar-refractivity contribution >= 4 is 11.8 Å². The third-order valence-electron chi connectivity index (χ3n) is 7.25. The van der Waals surface area contributed by atoms with Crippen LogP contribution in [-0.2, 0) is 11.2 Å². The average molecular weight is 464 g/mol. The quantitative estimate of drug-likeness (QED) is 0.649. The van der Waals surface area contributed by atoms with E-state index < -0.39 is 0 Å². The highest BCUT2D eigenvalue weighted by atomic mass is 16.5. The molecule has 1 aliphatic carbocycles. The topological polar surface area (TPSA) is 61.9 Å². The van der Waals surface area contributed by atoms with E-state index in [1.54, 1.807) is 7.11 Å². The van der Waals surface area contributed by atoms with Gasteiger partial charge in [0.1, 0.15) is 5.75 Å². The summed E-state index contributed by atoms with van der Waals surface area (Å²) in [5, 5.41) is 3.21. The normalized spacial score (nSPS) is 18.0. The molecule has 2 amide bonds. The lowest BCUT2D eigenvalue weighted by Crippen LogP contribution is -2.58. The fourth-order valence-electron chi connectivity index (χ4n) is 5.34. The molecule has 2 aromatic carbocycles. The van der Waals surface area contributed by atoms with Crippen molar-refractivity contribution in [3.05, 3.63) is 65.2 Å². The Kier molecular flexibility index (Phi) is 8.22. The van der Waals surface area contributed by atoms with Crippen molar-refractivity contribution in [3.8, 4) is 5.75 Å². The molecule has 2 aliphatic rings. The van der Waals surface area contributed by atoms with E-state index >= 15 is 0 Å². The summed E-state index contributed by atoms with van der Waals surface area (Å²) in [6, 6.07) is 15.7. The van der Waals surface area contributed by atoms with Gasteiger partial charge in [0.15, 0.2) is 0 Å². The smallest absolute Gasteiger partial charge is 0.253 e. The highest BCUT2D eigenvalue weighted by Gasteiger charge is 2.37. The fourth-order valence-corrected chi connectivity index (χ4v) is 5.34. The van der Waals surface area contributed by atoms with Gasteiger partial charge in [-0.1, -0.05) is 42.7 Å². The Morgan fingerprint density at radius 1 is 1.03 bits per heavy atom. The Hall–Kier alpha value is -2.86. The van der Waals surface area contributed by atoms with Crippen LogP contribution < -0.4 is 10.1 Å². The summed E-state index contributed by atoms with van der Waals surface area (Å²) >= 11 is 0. The zero-order valence-electron chi connectivity index (χ0n) is 20.5. The molecule has 6 nitrogen and oxygen atoms in total. The van der Waals surface area contributed by atoms with Crippen LogP contribution >= 0.6 is 0 Å².